The van der Waals surface area contributed by atoms with Gasteiger partial charge < -0.3 is 24.2 Å². The van der Waals surface area contributed by atoms with Crippen molar-refractivity contribution in [2.45, 2.75) is 0 Å². The van der Waals surface area contributed by atoms with Gasteiger partial charge in [-0.2, -0.15) is 0 Å². The van der Waals surface area contributed by atoms with E-state index in [2.05, 4.69) is 4.90 Å². The van der Waals surface area contributed by atoms with E-state index in [1.165, 1.54) is 23.2 Å². The molecule has 0 atom stereocenters. The second-order valence-electron chi connectivity index (χ2n) is 6.21. The molecule has 130 valence electrons. The molecule has 0 amide bonds. The standard InChI is InChI=1S/C17H16FN3O4/c1-19-2-4-20(5-3-19)14-12(18)8-10-13-16(14)25-7-6-21(13)9-11(15(10)22)17(23)24/h6-9H,2-5H2,1H3,(H,23,24). The average molecular weight is 345 g/mol. The third-order valence-corrected chi connectivity index (χ3v) is 4.66. The van der Waals surface area contributed by atoms with Crippen LogP contribution in [0.2, 0.25) is 0 Å². The van der Waals surface area contributed by atoms with Gasteiger partial charge in [-0.05, 0) is 13.1 Å². The van der Waals surface area contributed by atoms with E-state index in [4.69, 9.17) is 4.74 Å². The number of anilines is 1. The maximum absolute atomic E-state index is 14.9. The summed E-state index contributed by atoms with van der Waals surface area (Å²) in [7, 11) is 2.00. The van der Waals surface area contributed by atoms with Gasteiger partial charge in [0.15, 0.2) is 11.6 Å². The van der Waals surface area contributed by atoms with Crippen molar-refractivity contribution < 1.29 is 19.0 Å². The minimum absolute atomic E-state index is 0.00497. The lowest BCUT2D eigenvalue weighted by Crippen LogP contribution is -2.45. The zero-order chi connectivity index (χ0) is 17.7. The number of halogens is 1. The quantitative estimate of drug-likeness (QED) is 0.887. The molecule has 2 aliphatic heterocycles. The molecule has 1 N–H and O–H groups in total. The number of hydrogen-bond donors (Lipinski definition) is 1. The Morgan fingerprint density at radius 1 is 1.28 bits per heavy atom. The van der Waals surface area contributed by atoms with Crippen molar-refractivity contribution in [2.75, 3.05) is 38.1 Å². The van der Waals surface area contributed by atoms with E-state index in [0.717, 1.165) is 19.2 Å². The van der Waals surface area contributed by atoms with Gasteiger partial charge in [0.1, 0.15) is 23.0 Å². The molecule has 1 aromatic carbocycles. The molecule has 0 radical (unpaired) electrons. The Labute approximate surface area is 142 Å². The Balaban J connectivity index is 1.99. The number of carbonyl (C=O) groups is 1. The van der Waals surface area contributed by atoms with E-state index in [1.807, 2.05) is 11.9 Å². The van der Waals surface area contributed by atoms with Crippen molar-refractivity contribution >= 4 is 28.8 Å². The number of hydrogen-bond acceptors (Lipinski definition) is 5. The summed E-state index contributed by atoms with van der Waals surface area (Å²) in [5.41, 5.74) is -0.437. The first-order chi connectivity index (χ1) is 12.0. The molecule has 1 saturated heterocycles. The Morgan fingerprint density at radius 2 is 2.00 bits per heavy atom. The van der Waals surface area contributed by atoms with Crippen LogP contribution in [0.5, 0.6) is 5.75 Å². The minimum Gasteiger partial charge on any atom is -0.477 e. The van der Waals surface area contributed by atoms with Crippen molar-refractivity contribution in [1.82, 2.24) is 9.47 Å². The number of nitrogens with zero attached hydrogens (tertiary/aromatic N) is 3. The molecule has 8 heteroatoms. The Bertz CT molecular complexity index is 974. The monoisotopic (exact) mass is 345 g/mol. The second-order valence-corrected chi connectivity index (χ2v) is 6.21. The molecule has 0 saturated carbocycles. The first-order valence-corrected chi connectivity index (χ1v) is 7.89. The molecule has 7 nitrogen and oxygen atoms in total. The number of piperazine rings is 1. The van der Waals surface area contributed by atoms with Crippen LogP contribution < -0.4 is 15.1 Å². The molecule has 0 bridgehead atoms. The smallest absolute Gasteiger partial charge is 0.341 e. The Morgan fingerprint density at radius 3 is 2.68 bits per heavy atom. The molecule has 1 aromatic heterocycles. The summed E-state index contributed by atoms with van der Waals surface area (Å²) in [6.07, 6.45) is 4.10. The van der Waals surface area contributed by atoms with Crippen LogP contribution in [0.3, 0.4) is 0 Å². The Kier molecular flexibility index (Phi) is 3.50. The van der Waals surface area contributed by atoms with Crippen LogP contribution in [0, 0.1) is 5.82 Å². The lowest BCUT2D eigenvalue weighted by Gasteiger charge is -2.35. The maximum Gasteiger partial charge on any atom is 0.341 e. The largest absolute Gasteiger partial charge is 0.477 e. The van der Waals surface area contributed by atoms with Gasteiger partial charge in [-0.25, -0.2) is 9.18 Å². The van der Waals surface area contributed by atoms with Gasteiger partial charge in [-0.15, -0.1) is 0 Å². The molecule has 0 unspecified atom stereocenters. The molecular weight excluding hydrogens is 329 g/mol. The minimum atomic E-state index is -1.35. The molecule has 2 aromatic rings. The van der Waals surface area contributed by atoms with E-state index in [0.29, 0.717) is 24.3 Å². The number of rotatable bonds is 2. The highest BCUT2D eigenvalue weighted by atomic mass is 19.1. The van der Waals surface area contributed by atoms with Crippen molar-refractivity contribution in [3.05, 3.63) is 40.1 Å². The first-order valence-electron chi connectivity index (χ1n) is 7.89. The Hall–Kier alpha value is -2.87. The lowest BCUT2D eigenvalue weighted by molar-refractivity contribution is 0.0695. The van der Waals surface area contributed by atoms with Gasteiger partial charge >= 0.3 is 5.97 Å². The normalized spacial score (nSPS) is 17.0. The van der Waals surface area contributed by atoms with Gasteiger partial charge in [0, 0.05) is 38.6 Å². The van der Waals surface area contributed by atoms with Crippen LogP contribution in [0.15, 0.2) is 23.3 Å². The summed E-state index contributed by atoms with van der Waals surface area (Å²) in [6.45, 7) is 2.85. The van der Waals surface area contributed by atoms with Gasteiger partial charge in [-0.1, -0.05) is 0 Å². The third kappa shape index (κ3) is 2.37. The second kappa shape index (κ2) is 5.59. The highest BCUT2D eigenvalue weighted by Crippen LogP contribution is 2.40. The van der Waals surface area contributed by atoms with Gasteiger partial charge in [-0.3, -0.25) is 4.79 Å². The molecule has 0 aliphatic carbocycles. The predicted octanol–water partition coefficient (Wildman–Crippen LogP) is 1.41. The zero-order valence-corrected chi connectivity index (χ0v) is 13.5. The molecule has 1 fully saturated rings. The van der Waals surface area contributed by atoms with Gasteiger partial charge in [0.25, 0.3) is 0 Å². The zero-order valence-electron chi connectivity index (χ0n) is 13.5. The van der Waals surface area contributed by atoms with E-state index in [9.17, 15) is 19.1 Å². The van der Waals surface area contributed by atoms with Crippen LogP contribution >= 0.6 is 0 Å². The third-order valence-electron chi connectivity index (χ3n) is 4.66. The summed E-state index contributed by atoms with van der Waals surface area (Å²) < 4.78 is 21.9. The number of carboxylic acids is 1. The van der Waals surface area contributed by atoms with Crippen LogP contribution in [0.4, 0.5) is 10.1 Å². The van der Waals surface area contributed by atoms with Crippen molar-refractivity contribution in [3.8, 4) is 5.75 Å². The fraction of sp³-hybridized carbons (Fsp3) is 0.294. The van der Waals surface area contributed by atoms with Gasteiger partial charge in [0.05, 0.1) is 5.39 Å². The number of likely N-dealkylation sites (N-methyl/N-ethyl adjacent to an activating group) is 1. The van der Waals surface area contributed by atoms with E-state index < -0.39 is 22.8 Å². The highest BCUT2D eigenvalue weighted by molar-refractivity contribution is 5.98. The fourth-order valence-electron chi connectivity index (χ4n) is 3.31. The summed E-state index contributed by atoms with van der Waals surface area (Å²) in [6, 6.07) is 1.11. The van der Waals surface area contributed by atoms with E-state index >= 15 is 0 Å². The molecular formula is C17H16FN3O4. The fourth-order valence-corrected chi connectivity index (χ4v) is 3.31. The van der Waals surface area contributed by atoms with E-state index in [-0.39, 0.29) is 11.1 Å². The van der Waals surface area contributed by atoms with Crippen molar-refractivity contribution in [1.29, 1.82) is 0 Å². The number of pyridine rings is 1. The molecule has 0 spiro atoms. The molecule has 3 heterocycles. The molecule has 4 rings (SSSR count). The average Bonchev–Trinajstić information content (AvgIpc) is 2.58. The number of aromatic nitrogens is 1. The summed E-state index contributed by atoms with van der Waals surface area (Å²) >= 11 is 0. The van der Waals surface area contributed by atoms with Crippen LogP contribution in [-0.2, 0) is 0 Å². The maximum atomic E-state index is 14.9. The van der Waals surface area contributed by atoms with Crippen LogP contribution in [0.1, 0.15) is 10.4 Å². The predicted molar refractivity (Wildman–Crippen MR) is 90.8 cm³/mol. The molecule has 25 heavy (non-hydrogen) atoms. The van der Waals surface area contributed by atoms with Crippen molar-refractivity contribution in [3.63, 3.8) is 0 Å². The highest BCUT2D eigenvalue weighted by Gasteiger charge is 2.28. The number of benzene rings is 1. The van der Waals surface area contributed by atoms with Crippen LogP contribution in [-0.4, -0.2) is 53.8 Å². The summed E-state index contributed by atoms with van der Waals surface area (Å²) in [4.78, 5) is 27.8. The van der Waals surface area contributed by atoms with Crippen LogP contribution in [0.25, 0.3) is 17.1 Å². The topological polar surface area (TPSA) is 75.0 Å². The van der Waals surface area contributed by atoms with Gasteiger partial charge in [0.2, 0.25) is 5.43 Å². The SMILES string of the molecule is CN1CCN(c2c(F)cc3c(=O)c(C(=O)O)cn4c3c2OC=C4)CC1. The van der Waals surface area contributed by atoms with E-state index in [1.54, 1.807) is 0 Å². The summed E-state index contributed by atoms with van der Waals surface area (Å²) in [5.74, 6) is -1.69. The number of aromatic carboxylic acids is 1. The summed E-state index contributed by atoms with van der Waals surface area (Å²) in [5, 5.41) is 9.20. The number of carboxylic acid groups (broad SMARTS) is 1. The first kappa shape index (κ1) is 15.6. The van der Waals surface area contributed by atoms with Crippen molar-refractivity contribution in [2.24, 2.45) is 0 Å². The lowest BCUT2D eigenvalue weighted by atomic mass is 10.1. The number of ether oxygens (including phenoxy) is 1. The molecule has 2 aliphatic rings.